The molecule has 0 bridgehead atoms. The molecule has 0 amide bonds. The fourth-order valence-corrected chi connectivity index (χ4v) is 2.41. The fourth-order valence-electron chi connectivity index (χ4n) is 2.20. The number of rotatable bonds is 13. The first kappa shape index (κ1) is 18.3. The van der Waals surface area contributed by atoms with Crippen molar-refractivity contribution in [2.75, 3.05) is 0 Å². The van der Waals surface area contributed by atoms with Gasteiger partial charge in [-0.3, -0.25) is 0 Å². The zero-order valence-electron chi connectivity index (χ0n) is 12.0. The van der Waals surface area contributed by atoms with Crippen LogP contribution in [0.5, 0.6) is 0 Å². The molecule has 0 aromatic rings. The molecule has 0 spiro atoms. The molecule has 0 heterocycles. The number of unbranched alkanes of at least 4 members (excludes halogenated alkanes) is 12. The Labute approximate surface area is 124 Å². The quantitative estimate of drug-likeness (QED) is 0.310. The van der Waals surface area contributed by atoms with Gasteiger partial charge < -0.3 is 0 Å². The number of allylic oxidation sites excluding steroid dienone is 1. The lowest BCUT2D eigenvalue weighted by molar-refractivity contribution is 0.545. The maximum Gasteiger partial charge on any atom is 0.102 e. The molecule has 0 aliphatic carbocycles. The summed E-state index contributed by atoms with van der Waals surface area (Å²) in [5, 5.41) is 0. The van der Waals surface area contributed by atoms with Gasteiger partial charge in [0, 0.05) is 0 Å². The fraction of sp³-hybridized carbons (Fsp3) is 0.875. The molecule has 108 valence electrons. The third-order valence-corrected chi connectivity index (χ3v) is 3.66. The van der Waals surface area contributed by atoms with Crippen molar-refractivity contribution in [1.82, 2.24) is 0 Å². The first-order valence-corrected chi connectivity index (χ1v) is 8.54. The zero-order valence-corrected chi connectivity index (χ0v) is 13.5. The number of halogens is 2. The van der Waals surface area contributed by atoms with E-state index in [9.17, 15) is 0 Å². The van der Waals surface area contributed by atoms with Gasteiger partial charge in [0.25, 0.3) is 0 Å². The predicted molar refractivity (Wildman–Crippen MR) is 85.5 cm³/mol. The van der Waals surface area contributed by atoms with E-state index in [0.29, 0.717) is 4.49 Å². The highest BCUT2D eigenvalue weighted by Crippen LogP contribution is 2.14. The zero-order chi connectivity index (χ0) is 13.5. The maximum atomic E-state index is 5.55. The lowest BCUT2D eigenvalue weighted by atomic mass is 10.0. The SMILES string of the molecule is CCCCCCCCCCCCCCC=C(Cl)Cl. The monoisotopic (exact) mass is 292 g/mol. The van der Waals surface area contributed by atoms with Crippen LogP contribution in [0.4, 0.5) is 0 Å². The maximum absolute atomic E-state index is 5.55. The molecule has 18 heavy (non-hydrogen) atoms. The lowest BCUT2D eigenvalue weighted by Crippen LogP contribution is -1.82. The van der Waals surface area contributed by atoms with E-state index in [0.717, 1.165) is 6.42 Å². The highest BCUT2D eigenvalue weighted by molar-refractivity contribution is 6.55. The van der Waals surface area contributed by atoms with E-state index in [4.69, 9.17) is 23.2 Å². The Kier molecular flexibility index (Phi) is 15.7. The molecule has 0 aliphatic rings. The molecule has 0 rings (SSSR count). The molecule has 0 N–H and O–H groups in total. The van der Waals surface area contributed by atoms with Crippen LogP contribution in [0.15, 0.2) is 10.6 Å². The van der Waals surface area contributed by atoms with Gasteiger partial charge in [-0.15, -0.1) is 0 Å². The Hall–Kier alpha value is 0.320. The van der Waals surface area contributed by atoms with E-state index < -0.39 is 0 Å². The van der Waals surface area contributed by atoms with Crippen LogP contribution in [0.25, 0.3) is 0 Å². The van der Waals surface area contributed by atoms with Gasteiger partial charge in [0.2, 0.25) is 0 Å². The Morgan fingerprint density at radius 1 is 0.667 bits per heavy atom. The molecule has 0 saturated heterocycles. The normalized spacial score (nSPS) is 10.6. The van der Waals surface area contributed by atoms with E-state index in [1.165, 1.54) is 77.0 Å². The Morgan fingerprint density at radius 3 is 1.44 bits per heavy atom. The Bertz CT molecular complexity index is 184. The van der Waals surface area contributed by atoms with Crippen LogP contribution in [0.2, 0.25) is 0 Å². The van der Waals surface area contributed by atoms with Crippen molar-refractivity contribution in [3.05, 3.63) is 10.6 Å². The third kappa shape index (κ3) is 16.3. The second-order valence-corrected chi connectivity index (χ2v) is 6.18. The van der Waals surface area contributed by atoms with Crippen molar-refractivity contribution in [3.63, 3.8) is 0 Å². The van der Waals surface area contributed by atoms with Crippen LogP contribution >= 0.6 is 23.2 Å². The molecule has 0 unspecified atom stereocenters. The van der Waals surface area contributed by atoms with Gasteiger partial charge in [-0.2, -0.15) is 0 Å². The van der Waals surface area contributed by atoms with Gasteiger partial charge in [0.1, 0.15) is 4.49 Å². The van der Waals surface area contributed by atoms with Gasteiger partial charge in [-0.25, -0.2) is 0 Å². The topological polar surface area (TPSA) is 0 Å². The van der Waals surface area contributed by atoms with E-state index in [1.54, 1.807) is 0 Å². The molecule has 0 nitrogen and oxygen atoms in total. The average molecular weight is 293 g/mol. The van der Waals surface area contributed by atoms with Gasteiger partial charge in [0.15, 0.2) is 0 Å². The summed E-state index contributed by atoms with van der Waals surface area (Å²) in [6.45, 7) is 2.27. The highest BCUT2D eigenvalue weighted by atomic mass is 35.5. The van der Waals surface area contributed by atoms with Crippen LogP contribution in [-0.2, 0) is 0 Å². The molecule has 0 aromatic carbocycles. The van der Waals surface area contributed by atoms with Crippen LogP contribution in [0, 0.1) is 0 Å². The van der Waals surface area contributed by atoms with Crippen LogP contribution in [0.3, 0.4) is 0 Å². The summed E-state index contributed by atoms with van der Waals surface area (Å²) in [7, 11) is 0. The van der Waals surface area contributed by atoms with Crippen molar-refractivity contribution >= 4 is 23.2 Å². The van der Waals surface area contributed by atoms with E-state index in [-0.39, 0.29) is 0 Å². The molecular weight excluding hydrogens is 263 g/mol. The van der Waals surface area contributed by atoms with Gasteiger partial charge in [-0.1, -0.05) is 107 Å². The summed E-state index contributed by atoms with van der Waals surface area (Å²) in [5.74, 6) is 0. The van der Waals surface area contributed by atoms with E-state index in [2.05, 4.69) is 6.92 Å². The molecular formula is C16H30Cl2. The van der Waals surface area contributed by atoms with Crippen LogP contribution < -0.4 is 0 Å². The standard InChI is InChI=1S/C16H30Cl2/c1-2-3-4-5-6-7-8-9-10-11-12-13-14-15-16(17)18/h15H,2-14H2,1H3. The van der Waals surface area contributed by atoms with Crippen molar-refractivity contribution in [2.45, 2.75) is 90.4 Å². The summed E-state index contributed by atoms with van der Waals surface area (Å²) in [6.07, 6.45) is 19.6. The summed E-state index contributed by atoms with van der Waals surface area (Å²) in [4.78, 5) is 0. The summed E-state index contributed by atoms with van der Waals surface area (Å²) < 4.78 is 0.415. The first-order valence-electron chi connectivity index (χ1n) is 7.78. The minimum absolute atomic E-state index is 0.415. The van der Waals surface area contributed by atoms with Gasteiger partial charge in [-0.05, 0) is 12.8 Å². The van der Waals surface area contributed by atoms with Crippen LogP contribution in [0.1, 0.15) is 90.4 Å². The number of hydrogen-bond donors (Lipinski definition) is 0. The number of hydrogen-bond acceptors (Lipinski definition) is 0. The second-order valence-electron chi connectivity index (χ2n) is 5.17. The molecule has 0 aromatic heterocycles. The van der Waals surface area contributed by atoms with Crippen molar-refractivity contribution in [3.8, 4) is 0 Å². The highest BCUT2D eigenvalue weighted by Gasteiger charge is 1.93. The molecule has 0 radical (unpaired) electrons. The first-order chi connectivity index (χ1) is 8.77. The van der Waals surface area contributed by atoms with Crippen molar-refractivity contribution < 1.29 is 0 Å². The molecule has 2 heteroatoms. The molecule has 0 aliphatic heterocycles. The summed E-state index contributed by atoms with van der Waals surface area (Å²) in [6, 6.07) is 0. The Morgan fingerprint density at radius 2 is 1.06 bits per heavy atom. The minimum Gasteiger partial charge on any atom is -0.0713 e. The van der Waals surface area contributed by atoms with E-state index >= 15 is 0 Å². The third-order valence-electron chi connectivity index (χ3n) is 3.36. The Balaban J connectivity index is 2.97. The summed E-state index contributed by atoms with van der Waals surface area (Å²) in [5.41, 5.74) is 0. The van der Waals surface area contributed by atoms with Crippen molar-refractivity contribution in [1.29, 1.82) is 0 Å². The average Bonchev–Trinajstić information content (AvgIpc) is 2.34. The lowest BCUT2D eigenvalue weighted by Gasteiger charge is -2.02. The molecule has 0 fully saturated rings. The minimum atomic E-state index is 0.415. The smallest absolute Gasteiger partial charge is 0.0713 e. The second kappa shape index (κ2) is 15.4. The van der Waals surface area contributed by atoms with Crippen LogP contribution in [-0.4, -0.2) is 0 Å². The van der Waals surface area contributed by atoms with Crippen molar-refractivity contribution in [2.24, 2.45) is 0 Å². The van der Waals surface area contributed by atoms with Gasteiger partial charge in [0.05, 0.1) is 0 Å². The molecule has 0 atom stereocenters. The van der Waals surface area contributed by atoms with E-state index in [1.807, 2.05) is 6.08 Å². The van der Waals surface area contributed by atoms with Gasteiger partial charge >= 0.3 is 0 Å². The molecule has 0 saturated carbocycles. The summed E-state index contributed by atoms with van der Waals surface area (Å²) >= 11 is 11.1. The largest absolute Gasteiger partial charge is 0.102 e. The predicted octanol–water partition coefficient (Wildman–Crippen LogP) is 7.40.